The van der Waals surface area contributed by atoms with Gasteiger partial charge in [0.05, 0.1) is 26.3 Å². The molecule has 1 saturated heterocycles. The molecule has 27 heavy (non-hydrogen) atoms. The summed E-state index contributed by atoms with van der Waals surface area (Å²) in [6.45, 7) is 1.29. The van der Waals surface area contributed by atoms with Crippen molar-refractivity contribution in [1.82, 2.24) is 9.88 Å². The lowest BCUT2D eigenvalue weighted by molar-refractivity contribution is -0.151. The van der Waals surface area contributed by atoms with Gasteiger partial charge in [0.1, 0.15) is 5.01 Å². The standard InChI is InChI=1S/C19H22N2O5S/c1-24-15-6-5-13(9-16(15)25-2)19-20-14(12-27-19)10-18(23)26-11-17(22)21-7-3-4-8-21/h5-6,9,12H,3-4,7-8,10-11H2,1-2H3. The molecule has 1 fully saturated rings. The fraction of sp³-hybridized carbons (Fsp3) is 0.421. The summed E-state index contributed by atoms with van der Waals surface area (Å²) in [5, 5.41) is 2.59. The number of carbonyl (C=O) groups excluding carboxylic acids is 2. The van der Waals surface area contributed by atoms with Crippen LogP contribution in [0.25, 0.3) is 10.6 Å². The number of likely N-dealkylation sites (tertiary alicyclic amines) is 1. The summed E-state index contributed by atoms with van der Waals surface area (Å²) in [5.41, 5.74) is 1.49. The largest absolute Gasteiger partial charge is 0.493 e. The molecule has 1 amide bonds. The quantitative estimate of drug-likeness (QED) is 0.676. The second-order valence-corrected chi connectivity index (χ2v) is 7.00. The molecule has 3 rings (SSSR count). The van der Waals surface area contributed by atoms with Gasteiger partial charge in [0.15, 0.2) is 18.1 Å². The van der Waals surface area contributed by atoms with E-state index in [1.807, 2.05) is 23.6 Å². The Kier molecular flexibility index (Phi) is 6.28. The van der Waals surface area contributed by atoms with Crippen molar-refractivity contribution in [2.75, 3.05) is 33.9 Å². The highest BCUT2D eigenvalue weighted by molar-refractivity contribution is 7.13. The van der Waals surface area contributed by atoms with Crippen LogP contribution < -0.4 is 9.47 Å². The molecular formula is C19H22N2O5S. The van der Waals surface area contributed by atoms with Crippen LogP contribution in [0.5, 0.6) is 11.5 Å². The minimum absolute atomic E-state index is 0.0388. The Balaban J connectivity index is 1.57. The molecule has 2 heterocycles. The van der Waals surface area contributed by atoms with Gasteiger partial charge in [-0.1, -0.05) is 0 Å². The zero-order valence-corrected chi connectivity index (χ0v) is 16.2. The minimum Gasteiger partial charge on any atom is -0.493 e. The number of nitrogens with zero attached hydrogens (tertiary/aromatic N) is 2. The number of benzene rings is 1. The second kappa shape index (κ2) is 8.85. The predicted molar refractivity (Wildman–Crippen MR) is 101 cm³/mol. The first-order valence-electron chi connectivity index (χ1n) is 8.71. The van der Waals surface area contributed by atoms with Crippen molar-refractivity contribution in [2.24, 2.45) is 0 Å². The molecule has 7 nitrogen and oxygen atoms in total. The van der Waals surface area contributed by atoms with Crippen molar-refractivity contribution in [3.05, 3.63) is 29.3 Å². The van der Waals surface area contributed by atoms with E-state index in [-0.39, 0.29) is 18.9 Å². The minimum atomic E-state index is -0.452. The Morgan fingerprint density at radius 2 is 1.89 bits per heavy atom. The van der Waals surface area contributed by atoms with Gasteiger partial charge in [0, 0.05) is 24.0 Å². The third kappa shape index (κ3) is 4.77. The molecule has 8 heteroatoms. The highest BCUT2D eigenvalue weighted by Gasteiger charge is 2.19. The summed E-state index contributed by atoms with van der Waals surface area (Å²) in [4.78, 5) is 30.1. The number of methoxy groups -OCH3 is 2. The van der Waals surface area contributed by atoms with Crippen LogP contribution in [0.15, 0.2) is 23.6 Å². The van der Waals surface area contributed by atoms with Gasteiger partial charge in [-0.25, -0.2) is 4.98 Å². The molecule has 0 bridgehead atoms. The van der Waals surface area contributed by atoms with Gasteiger partial charge in [-0.15, -0.1) is 11.3 Å². The van der Waals surface area contributed by atoms with Crippen LogP contribution in [-0.4, -0.2) is 55.7 Å². The Labute approximate surface area is 161 Å². The predicted octanol–water partition coefficient (Wildman–Crippen LogP) is 2.54. The highest BCUT2D eigenvalue weighted by atomic mass is 32.1. The molecule has 0 saturated carbocycles. The maximum Gasteiger partial charge on any atom is 0.312 e. The molecule has 1 aromatic heterocycles. The van der Waals surface area contributed by atoms with E-state index in [1.54, 1.807) is 19.1 Å². The average Bonchev–Trinajstić information content (AvgIpc) is 3.37. The molecule has 0 unspecified atom stereocenters. The van der Waals surface area contributed by atoms with Gasteiger partial charge >= 0.3 is 5.97 Å². The number of rotatable bonds is 7. The molecule has 144 valence electrons. The van der Waals surface area contributed by atoms with Crippen molar-refractivity contribution in [3.8, 4) is 22.1 Å². The number of ether oxygens (including phenoxy) is 3. The monoisotopic (exact) mass is 390 g/mol. The lowest BCUT2D eigenvalue weighted by atomic mass is 10.2. The summed E-state index contributed by atoms with van der Waals surface area (Å²) in [6, 6.07) is 5.54. The number of hydrogen-bond donors (Lipinski definition) is 0. The second-order valence-electron chi connectivity index (χ2n) is 6.14. The third-order valence-corrected chi connectivity index (χ3v) is 5.26. The van der Waals surface area contributed by atoms with Crippen LogP contribution in [-0.2, 0) is 20.7 Å². The molecule has 0 N–H and O–H groups in total. The van der Waals surface area contributed by atoms with Crippen molar-refractivity contribution < 1.29 is 23.8 Å². The first kappa shape index (κ1) is 19.2. The van der Waals surface area contributed by atoms with E-state index in [4.69, 9.17) is 14.2 Å². The average molecular weight is 390 g/mol. The zero-order valence-electron chi connectivity index (χ0n) is 15.4. The summed E-state index contributed by atoms with van der Waals surface area (Å²) < 4.78 is 15.6. The van der Waals surface area contributed by atoms with E-state index < -0.39 is 5.97 Å². The Morgan fingerprint density at radius 3 is 2.59 bits per heavy atom. The number of amides is 1. The number of esters is 1. The van der Waals surface area contributed by atoms with Gasteiger partial charge in [0.25, 0.3) is 5.91 Å². The summed E-state index contributed by atoms with van der Waals surface area (Å²) in [5.74, 6) is 0.674. The van der Waals surface area contributed by atoms with Crippen LogP contribution in [0.3, 0.4) is 0 Å². The van der Waals surface area contributed by atoms with Crippen molar-refractivity contribution in [2.45, 2.75) is 19.3 Å². The van der Waals surface area contributed by atoms with E-state index >= 15 is 0 Å². The maximum absolute atomic E-state index is 12.0. The van der Waals surface area contributed by atoms with Gasteiger partial charge in [0.2, 0.25) is 0 Å². The number of thiazole rings is 1. The molecule has 2 aromatic rings. The lowest BCUT2D eigenvalue weighted by Crippen LogP contribution is -2.32. The topological polar surface area (TPSA) is 78.0 Å². The Bertz CT molecular complexity index is 814. The Morgan fingerprint density at radius 1 is 1.15 bits per heavy atom. The molecule has 1 aliphatic rings. The Hall–Kier alpha value is -2.61. The van der Waals surface area contributed by atoms with Crippen molar-refractivity contribution in [3.63, 3.8) is 0 Å². The first-order valence-corrected chi connectivity index (χ1v) is 9.59. The normalized spacial score (nSPS) is 13.5. The highest BCUT2D eigenvalue weighted by Crippen LogP contribution is 2.33. The third-order valence-electron chi connectivity index (χ3n) is 4.32. The molecule has 1 aliphatic heterocycles. The number of carbonyl (C=O) groups is 2. The van der Waals surface area contributed by atoms with Crippen molar-refractivity contribution in [1.29, 1.82) is 0 Å². The first-order chi connectivity index (χ1) is 13.1. The van der Waals surface area contributed by atoms with Gasteiger partial charge in [-0.3, -0.25) is 9.59 Å². The molecule has 0 spiro atoms. The molecular weight excluding hydrogens is 368 g/mol. The van der Waals surface area contributed by atoms with Crippen molar-refractivity contribution >= 4 is 23.2 Å². The van der Waals surface area contributed by atoms with E-state index in [9.17, 15) is 9.59 Å². The van der Waals surface area contributed by atoms with Crippen LogP contribution in [0.1, 0.15) is 18.5 Å². The van der Waals surface area contributed by atoms with Gasteiger partial charge in [-0.2, -0.15) is 0 Å². The molecule has 0 aliphatic carbocycles. The van der Waals surface area contributed by atoms with Gasteiger partial charge < -0.3 is 19.1 Å². The van der Waals surface area contributed by atoms with E-state index in [0.29, 0.717) is 17.2 Å². The van der Waals surface area contributed by atoms with Crippen LogP contribution in [0.2, 0.25) is 0 Å². The van der Waals surface area contributed by atoms with E-state index in [1.165, 1.54) is 11.3 Å². The SMILES string of the molecule is COc1ccc(-c2nc(CC(=O)OCC(=O)N3CCCC3)cs2)cc1OC. The molecule has 1 aromatic carbocycles. The summed E-state index contributed by atoms with van der Waals surface area (Å²) >= 11 is 1.43. The zero-order chi connectivity index (χ0) is 19.2. The summed E-state index contributed by atoms with van der Waals surface area (Å²) in [6.07, 6.45) is 2.06. The van der Waals surface area contributed by atoms with Crippen LogP contribution >= 0.6 is 11.3 Å². The number of hydrogen-bond acceptors (Lipinski definition) is 7. The fourth-order valence-electron chi connectivity index (χ4n) is 2.89. The molecule has 0 radical (unpaired) electrons. The summed E-state index contributed by atoms with van der Waals surface area (Å²) in [7, 11) is 3.16. The van der Waals surface area contributed by atoms with Gasteiger partial charge in [-0.05, 0) is 31.0 Å². The smallest absolute Gasteiger partial charge is 0.312 e. The van der Waals surface area contributed by atoms with Crippen LogP contribution in [0.4, 0.5) is 0 Å². The molecule has 0 atom stereocenters. The van der Waals surface area contributed by atoms with Crippen LogP contribution in [0, 0.1) is 0 Å². The lowest BCUT2D eigenvalue weighted by Gasteiger charge is -2.14. The fourth-order valence-corrected chi connectivity index (χ4v) is 3.71. The maximum atomic E-state index is 12.0. The number of aromatic nitrogens is 1. The van der Waals surface area contributed by atoms with E-state index in [0.717, 1.165) is 36.5 Å². The van der Waals surface area contributed by atoms with E-state index in [2.05, 4.69) is 4.98 Å².